The minimum Gasteiger partial charge on any atom is -0.321 e. The minimum absolute atomic E-state index is 0.0763. The molecule has 0 atom stereocenters. The highest BCUT2D eigenvalue weighted by atomic mass is 16.2. The fourth-order valence-electron chi connectivity index (χ4n) is 4.89. The van der Waals surface area contributed by atoms with Crippen molar-refractivity contribution < 1.29 is 19.4 Å². The van der Waals surface area contributed by atoms with Crippen molar-refractivity contribution in [1.82, 2.24) is 4.90 Å². The summed E-state index contributed by atoms with van der Waals surface area (Å²) in [7, 11) is 0. The summed E-state index contributed by atoms with van der Waals surface area (Å²) in [4.78, 5) is 30.5. The maximum absolute atomic E-state index is 13.1. The Labute approximate surface area is 186 Å². The molecule has 168 valence electrons. The van der Waals surface area contributed by atoms with Crippen molar-refractivity contribution in [2.45, 2.75) is 58.4 Å². The van der Waals surface area contributed by atoms with E-state index in [-0.39, 0.29) is 5.91 Å². The van der Waals surface area contributed by atoms with Crippen molar-refractivity contribution >= 4 is 17.5 Å². The van der Waals surface area contributed by atoms with E-state index in [1.54, 1.807) is 0 Å². The van der Waals surface area contributed by atoms with Gasteiger partial charge in [0.15, 0.2) is 13.1 Å². The third-order valence-corrected chi connectivity index (χ3v) is 7.11. The smallest absolute Gasteiger partial charge is 0.282 e. The number of carbonyl (C=O) groups is 2. The van der Waals surface area contributed by atoms with Crippen LogP contribution < -0.4 is 15.1 Å². The lowest BCUT2D eigenvalue weighted by Gasteiger charge is -2.32. The molecule has 1 saturated heterocycles. The van der Waals surface area contributed by atoms with E-state index in [1.165, 1.54) is 33.9 Å². The van der Waals surface area contributed by atoms with Crippen LogP contribution >= 0.6 is 0 Å². The Kier molecular flexibility index (Phi) is 7.08. The van der Waals surface area contributed by atoms with Crippen molar-refractivity contribution in [3.8, 4) is 0 Å². The SMILES string of the molecule is Cc1cccc(NC(=O)C[NH+]2CC[NH+](CC(=O)N(C3=CCCCC3)C3CC3)CC2)c1C. The number of benzene rings is 1. The minimum atomic E-state index is 0.0763. The number of rotatable bonds is 7. The molecule has 3 aliphatic rings. The zero-order valence-corrected chi connectivity index (χ0v) is 19.1. The van der Waals surface area contributed by atoms with Gasteiger partial charge in [0.05, 0.1) is 0 Å². The summed E-state index contributed by atoms with van der Waals surface area (Å²) in [6.07, 6.45) is 9.25. The highest BCUT2D eigenvalue weighted by Gasteiger charge is 2.37. The molecular formula is C25H38N4O2+2. The molecule has 0 unspecified atom stereocenters. The van der Waals surface area contributed by atoms with Gasteiger partial charge in [-0.15, -0.1) is 0 Å². The number of piperazine rings is 1. The molecule has 1 saturated carbocycles. The third kappa shape index (κ3) is 5.74. The molecule has 1 heterocycles. The molecule has 31 heavy (non-hydrogen) atoms. The molecule has 0 bridgehead atoms. The van der Waals surface area contributed by atoms with Crippen LogP contribution in [-0.4, -0.2) is 62.0 Å². The Morgan fingerprint density at radius 3 is 2.39 bits per heavy atom. The number of allylic oxidation sites excluding steroid dienone is 2. The Balaban J connectivity index is 1.24. The van der Waals surface area contributed by atoms with Crippen LogP contribution in [0.3, 0.4) is 0 Å². The molecule has 1 aromatic carbocycles. The van der Waals surface area contributed by atoms with E-state index in [0.29, 0.717) is 25.0 Å². The fourth-order valence-corrected chi connectivity index (χ4v) is 4.89. The number of hydrogen-bond donors (Lipinski definition) is 3. The highest BCUT2D eigenvalue weighted by Crippen LogP contribution is 2.33. The largest absolute Gasteiger partial charge is 0.321 e. The number of quaternary nitrogens is 2. The van der Waals surface area contributed by atoms with E-state index < -0.39 is 0 Å². The van der Waals surface area contributed by atoms with Crippen molar-refractivity contribution in [2.24, 2.45) is 0 Å². The molecule has 2 fully saturated rings. The van der Waals surface area contributed by atoms with E-state index in [4.69, 9.17) is 0 Å². The number of anilines is 1. The summed E-state index contributed by atoms with van der Waals surface area (Å²) in [5, 5.41) is 3.08. The van der Waals surface area contributed by atoms with Crippen LogP contribution in [0.5, 0.6) is 0 Å². The molecule has 1 aromatic rings. The lowest BCUT2D eigenvalue weighted by atomic mass is 10.0. The molecule has 0 spiro atoms. The molecule has 6 nitrogen and oxygen atoms in total. The van der Waals surface area contributed by atoms with Crippen molar-refractivity contribution in [1.29, 1.82) is 0 Å². The van der Waals surface area contributed by atoms with Crippen molar-refractivity contribution in [2.75, 3.05) is 44.6 Å². The van der Waals surface area contributed by atoms with Gasteiger partial charge in [-0.05, 0) is 69.6 Å². The van der Waals surface area contributed by atoms with E-state index in [2.05, 4.69) is 29.3 Å². The maximum Gasteiger partial charge on any atom is 0.282 e. The van der Waals surface area contributed by atoms with E-state index in [1.807, 2.05) is 19.1 Å². The molecule has 2 amide bonds. The van der Waals surface area contributed by atoms with Crippen LogP contribution in [0.2, 0.25) is 0 Å². The van der Waals surface area contributed by atoms with E-state index in [0.717, 1.165) is 63.1 Å². The molecular weight excluding hydrogens is 388 g/mol. The number of amides is 2. The predicted molar refractivity (Wildman–Crippen MR) is 122 cm³/mol. The number of nitrogens with zero attached hydrogens (tertiary/aromatic N) is 1. The van der Waals surface area contributed by atoms with E-state index >= 15 is 0 Å². The summed E-state index contributed by atoms with van der Waals surface area (Å²) in [6, 6.07) is 6.47. The summed E-state index contributed by atoms with van der Waals surface area (Å²) >= 11 is 0. The van der Waals surface area contributed by atoms with Gasteiger partial charge in [0, 0.05) is 17.4 Å². The first kappa shape index (κ1) is 22.0. The first-order valence-electron chi connectivity index (χ1n) is 12.1. The zero-order chi connectivity index (χ0) is 21.8. The number of aryl methyl sites for hydroxylation is 1. The standard InChI is InChI=1S/C25H36N4O2/c1-19-7-6-10-23(20(19)2)26-24(30)17-27-13-15-28(16-14-27)18-25(31)29(22-11-12-22)21-8-4-3-5-9-21/h6-8,10,22H,3-5,9,11-18H2,1-2H3,(H,26,30)/p+2. The van der Waals surface area contributed by atoms with E-state index in [9.17, 15) is 9.59 Å². The second-order valence-corrected chi connectivity index (χ2v) is 9.59. The molecule has 2 aliphatic carbocycles. The average molecular weight is 427 g/mol. The van der Waals surface area contributed by atoms with Gasteiger partial charge in [0.2, 0.25) is 0 Å². The molecule has 3 N–H and O–H groups in total. The van der Waals surface area contributed by atoms with Crippen LogP contribution in [0, 0.1) is 13.8 Å². The Bertz CT molecular complexity index is 838. The van der Waals surface area contributed by atoms with Gasteiger partial charge < -0.3 is 20.0 Å². The lowest BCUT2D eigenvalue weighted by Crippen LogP contribution is -3.28. The fraction of sp³-hybridized carbons (Fsp3) is 0.600. The predicted octanol–water partition coefficient (Wildman–Crippen LogP) is 0.474. The second kappa shape index (κ2) is 9.96. The molecule has 0 radical (unpaired) electrons. The summed E-state index contributed by atoms with van der Waals surface area (Å²) in [5.74, 6) is 0.383. The number of hydrogen-bond acceptors (Lipinski definition) is 2. The van der Waals surface area contributed by atoms with Crippen molar-refractivity contribution in [3.63, 3.8) is 0 Å². The van der Waals surface area contributed by atoms with Gasteiger partial charge in [0.25, 0.3) is 11.8 Å². The first-order valence-corrected chi connectivity index (χ1v) is 12.1. The monoisotopic (exact) mass is 426 g/mol. The molecule has 6 heteroatoms. The van der Waals surface area contributed by atoms with Crippen molar-refractivity contribution in [3.05, 3.63) is 41.1 Å². The summed E-state index contributed by atoms with van der Waals surface area (Å²) < 4.78 is 0. The summed E-state index contributed by atoms with van der Waals surface area (Å²) in [5.41, 5.74) is 4.52. The number of carbonyl (C=O) groups excluding carboxylic acids is 2. The summed E-state index contributed by atoms with van der Waals surface area (Å²) in [6.45, 7) is 8.99. The maximum atomic E-state index is 13.1. The third-order valence-electron chi connectivity index (χ3n) is 7.11. The highest BCUT2D eigenvalue weighted by molar-refractivity contribution is 5.92. The molecule has 0 aromatic heterocycles. The van der Waals surface area contributed by atoms with Gasteiger partial charge in [-0.2, -0.15) is 0 Å². The van der Waals surface area contributed by atoms with Crippen LogP contribution in [0.1, 0.15) is 49.7 Å². The topological polar surface area (TPSA) is 58.3 Å². The first-order chi connectivity index (χ1) is 15.0. The van der Waals surface area contributed by atoms with Crippen LogP contribution in [0.25, 0.3) is 0 Å². The Hall–Kier alpha value is -2.18. The van der Waals surface area contributed by atoms with Crippen LogP contribution in [-0.2, 0) is 9.59 Å². The molecule has 4 rings (SSSR count). The average Bonchev–Trinajstić information content (AvgIpc) is 3.59. The second-order valence-electron chi connectivity index (χ2n) is 9.59. The lowest BCUT2D eigenvalue weighted by molar-refractivity contribution is -1.00. The van der Waals surface area contributed by atoms with Gasteiger partial charge in [-0.3, -0.25) is 9.59 Å². The molecule has 1 aliphatic heterocycles. The van der Waals surface area contributed by atoms with Crippen LogP contribution in [0.4, 0.5) is 5.69 Å². The van der Waals surface area contributed by atoms with Gasteiger partial charge in [0.1, 0.15) is 26.2 Å². The van der Waals surface area contributed by atoms with Gasteiger partial charge >= 0.3 is 0 Å². The zero-order valence-electron chi connectivity index (χ0n) is 19.1. The normalized spacial score (nSPS) is 23.7. The van der Waals surface area contributed by atoms with Gasteiger partial charge in [-0.25, -0.2) is 0 Å². The number of nitrogens with one attached hydrogen (secondary N) is 3. The van der Waals surface area contributed by atoms with Gasteiger partial charge in [-0.1, -0.05) is 18.2 Å². The quantitative estimate of drug-likeness (QED) is 0.594. The Morgan fingerprint density at radius 2 is 1.74 bits per heavy atom. The van der Waals surface area contributed by atoms with Crippen LogP contribution in [0.15, 0.2) is 30.0 Å². The Morgan fingerprint density at radius 1 is 1.03 bits per heavy atom.